The van der Waals surface area contributed by atoms with Crippen molar-refractivity contribution in [2.24, 2.45) is 11.8 Å². The number of carbonyl (C=O) groups excluding carboxylic acids is 1. The zero-order valence-corrected chi connectivity index (χ0v) is 11.8. The van der Waals surface area contributed by atoms with E-state index in [0.29, 0.717) is 6.54 Å². The molecular formula is C16H23NO2. The van der Waals surface area contributed by atoms with E-state index in [2.05, 4.69) is 23.5 Å². The number of carbonyl (C=O) groups is 1. The van der Waals surface area contributed by atoms with Crippen LogP contribution in [0.5, 0.6) is 0 Å². The van der Waals surface area contributed by atoms with Gasteiger partial charge in [-0.1, -0.05) is 32.0 Å². The van der Waals surface area contributed by atoms with Crippen molar-refractivity contribution in [2.75, 3.05) is 6.61 Å². The lowest BCUT2D eigenvalue weighted by Crippen LogP contribution is -2.35. The highest BCUT2D eigenvalue weighted by molar-refractivity contribution is 5.79. The van der Waals surface area contributed by atoms with Gasteiger partial charge in [-0.2, -0.15) is 0 Å². The van der Waals surface area contributed by atoms with E-state index in [1.54, 1.807) is 0 Å². The maximum Gasteiger partial charge on any atom is 0.225 e. The van der Waals surface area contributed by atoms with Crippen molar-refractivity contribution < 1.29 is 9.90 Å². The number of aliphatic hydroxyl groups excluding tert-OH is 1. The highest BCUT2D eigenvalue weighted by Gasteiger charge is 2.20. The highest BCUT2D eigenvalue weighted by atomic mass is 16.3. The lowest BCUT2D eigenvalue weighted by atomic mass is 9.96. The quantitative estimate of drug-likeness (QED) is 0.852. The molecule has 2 rings (SSSR count). The number of fused-ring (bicyclic) bond motifs is 1. The summed E-state index contributed by atoms with van der Waals surface area (Å²) in [6.45, 7) is 4.37. The number of rotatable bonds is 5. The van der Waals surface area contributed by atoms with Crippen LogP contribution in [0, 0.1) is 11.8 Å². The molecule has 1 aliphatic carbocycles. The summed E-state index contributed by atoms with van der Waals surface area (Å²) in [5.41, 5.74) is 4.02. The third-order valence-electron chi connectivity index (χ3n) is 3.97. The van der Waals surface area contributed by atoms with Crippen LogP contribution < -0.4 is 5.32 Å². The number of aryl methyl sites for hydroxylation is 2. The Morgan fingerprint density at radius 1 is 1.32 bits per heavy atom. The van der Waals surface area contributed by atoms with Gasteiger partial charge in [0.2, 0.25) is 5.91 Å². The summed E-state index contributed by atoms with van der Waals surface area (Å²) >= 11 is 0. The van der Waals surface area contributed by atoms with Crippen LogP contribution in [0.2, 0.25) is 0 Å². The number of hydrogen-bond acceptors (Lipinski definition) is 2. The lowest BCUT2D eigenvalue weighted by Gasteiger charge is -2.17. The van der Waals surface area contributed by atoms with Crippen LogP contribution in [-0.2, 0) is 24.2 Å². The van der Waals surface area contributed by atoms with Crippen LogP contribution in [0.25, 0.3) is 0 Å². The SMILES string of the molecule is CC(C)C(CO)C(=O)NCc1ccc2c(c1)CCC2. The van der Waals surface area contributed by atoms with Crippen LogP contribution in [0.4, 0.5) is 0 Å². The zero-order valence-electron chi connectivity index (χ0n) is 11.8. The fourth-order valence-corrected chi connectivity index (χ4v) is 2.65. The molecule has 0 spiro atoms. The minimum atomic E-state index is -0.311. The van der Waals surface area contributed by atoms with E-state index in [1.807, 2.05) is 13.8 Å². The van der Waals surface area contributed by atoms with E-state index < -0.39 is 0 Å². The van der Waals surface area contributed by atoms with E-state index >= 15 is 0 Å². The fraction of sp³-hybridized carbons (Fsp3) is 0.562. The van der Waals surface area contributed by atoms with Crippen LogP contribution in [-0.4, -0.2) is 17.6 Å². The van der Waals surface area contributed by atoms with E-state index in [1.165, 1.54) is 24.0 Å². The smallest absolute Gasteiger partial charge is 0.225 e. The van der Waals surface area contributed by atoms with Gasteiger partial charge in [0.25, 0.3) is 0 Å². The summed E-state index contributed by atoms with van der Waals surface area (Å²) in [5, 5.41) is 12.2. The number of nitrogens with one attached hydrogen (secondary N) is 1. The van der Waals surface area contributed by atoms with Gasteiger partial charge in [-0.15, -0.1) is 0 Å². The Bertz CT molecular complexity index is 454. The van der Waals surface area contributed by atoms with Crippen LogP contribution in [0.15, 0.2) is 18.2 Å². The van der Waals surface area contributed by atoms with Gasteiger partial charge in [0.1, 0.15) is 0 Å². The molecule has 104 valence electrons. The molecule has 0 radical (unpaired) electrons. The molecule has 1 aromatic rings. The molecule has 0 bridgehead atoms. The second-order valence-electron chi connectivity index (χ2n) is 5.71. The second-order valence-corrected chi connectivity index (χ2v) is 5.71. The molecule has 3 heteroatoms. The van der Waals surface area contributed by atoms with Crippen molar-refractivity contribution in [3.63, 3.8) is 0 Å². The fourth-order valence-electron chi connectivity index (χ4n) is 2.65. The Morgan fingerprint density at radius 3 is 2.74 bits per heavy atom. The van der Waals surface area contributed by atoms with Crippen molar-refractivity contribution in [2.45, 2.75) is 39.7 Å². The third-order valence-corrected chi connectivity index (χ3v) is 3.97. The number of benzene rings is 1. The molecule has 1 atom stereocenters. The number of hydrogen-bond donors (Lipinski definition) is 2. The Hall–Kier alpha value is -1.35. The standard InChI is InChI=1S/C16H23NO2/c1-11(2)15(10-18)16(19)17-9-12-6-7-13-4-3-5-14(13)8-12/h6-8,11,15,18H,3-5,9-10H2,1-2H3,(H,17,19). The minimum absolute atomic E-state index is 0.0574. The van der Waals surface area contributed by atoms with Crippen molar-refractivity contribution in [1.29, 1.82) is 0 Å². The molecule has 1 amide bonds. The summed E-state index contributed by atoms with van der Waals surface area (Å²) in [6, 6.07) is 6.47. The largest absolute Gasteiger partial charge is 0.396 e. The van der Waals surface area contributed by atoms with Crippen LogP contribution in [0.3, 0.4) is 0 Å². The topological polar surface area (TPSA) is 49.3 Å². The Labute approximate surface area is 115 Å². The molecule has 0 heterocycles. The molecule has 0 aromatic heterocycles. The molecular weight excluding hydrogens is 238 g/mol. The molecule has 1 aromatic carbocycles. The lowest BCUT2D eigenvalue weighted by molar-refractivity contribution is -0.127. The number of aliphatic hydroxyl groups is 1. The second kappa shape index (κ2) is 6.20. The van der Waals surface area contributed by atoms with Crippen molar-refractivity contribution in [3.05, 3.63) is 34.9 Å². The van der Waals surface area contributed by atoms with Crippen molar-refractivity contribution >= 4 is 5.91 Å². The van der Waals surface area contributed by atoms with Crippen LogP contribution in [0.1, 0.15) is 37.0 Å². The maximum atomic E-state index is 12.0. The predicted octanol–water partition coefficient (Wildman–Crippen LogP) is 2.06. The first-order valence-electron chi connectivity index (χ1n) is 7.11. The van der Waals surface area contributed by atoms with Crippen LogP contribution >= 0.6 is 0 Å². The Kier molecular flexibility index (Phi) is 4.59. The van der Waals surface area contributed by atoms with Crippen molar-refractivity contribution in [1.82, 2.24) is 5.32 Å². The van der Waals surface area contributed by atoms with Gasteiger partial charge in [-0.05, 0) is 41.9 Å². The summed E-state index contributed by atoms with van der Waals surface area (Å²) < 4.78 is 0. The first kappa shape index (κ1) is 14.1. The molecule has 0 saturated heterocycles. The van der Waals surface area contributed by atoms with Gasteiger partial charge in [0.15, 0.2) is 0 Å². The summed E-state index contributed by atoms with van der Waals surface area (Å²) in [6.07, 6.45) is 3.58. The van der Waals surface area contributed by atoms with Crippen molar-refractivity contribution in [3.8, 4) is 0 Å². The summed E-state index contributed by atoms with van der Waals surface area (Å²) in [4.78, 5) is 12.0. The van der Waals surface area contributed by atoms with Gasteiger partial charge >= 0.3 is 0 Å². The molecule has 0 saturated carbocycles. The first-order chi connectivity index (χ1) is 9.11. The summed E-state index contributed by atoms with van der Waals surface area (Å²) in [7, 11) is 0. The van der Waals surface area contributed by atoms with Gasteiger partial charge < -0.3 is 10.4 Å². The maximum absolute atomic E-state index is 12.0. The molecule has 0 fully saturated rings. The Morgan fingerprint density at radius 2 is 2.05 bits per heavy atom. The zero-order chi connectivity index (χ0) is 13.8. The predicted molar refractivity (Wildman–Crippen MR) is 75.7 cm³/mol. The van der Waals surface area contributed by atoms with E-state index in [-0.39, 0.29) is 24.3 Å². The first-order valence-corrected chi connectivity index (χ1v) is 7.11. The number of amides is 1. The van der Waals surface area contributed by atoms with Gasteiger partial charge in [0, 0.05) is 6.54 Å². The van der Waals surface area contributed by atoms with E-state index in [4.69, 9.17) is 0 Å². The normalized spacial score (nSPS) is 15.4. The summed E-state index contributed by atoms with van der Waals surface area (Å²) in [5.74, 6) is -0.211. The van der Waals surface area contributed by atoms with E-state index in [0.717, 1.165) is 12.0 Å². The monoisotopic (exact) mass is 261 g/mol. The highest BCUT2D eigenvalue weighted by Crippen LogP contribution is 2.22. The van der Waals surface area contributed by atoms with Gasteiger partial charge in [0.05, 0.1) is 12.5 Å². The molecule has 1 aliphatic rings. The Balaban J connectivity index is 1.93. The van der Waals surface area contributed by atoms with Gasteiger partial charge in [-0.3, -0.25) is 4.79 Å². The molecule has 3 nitrogen and oxygen atoms in total. The molecule has 1 unspecified atom stereocenters. The van der Waals surface area contributed by atoms with E-state index in [9.17, 15) is 9.90 Å². The molecule has 2 N–H and O–H groups in total. The average molecular weight is 261 g/mol. The minimum Gasteiger partial charge on any atom is -0.396 e. The van der Waals surface area contributed by atoms with Gasteiger partial charge in [-0.25, -0.2) is 0 Å². The third kappa shape index (κ3) is 3.35. The molecule has 0 aliphatic heterocycles. The molecule has 19 heavy (non-hydrogen) atoms. The average Bonchev–Trinajstić information content (AvgIpc) is 2.84.